The van der Waals surface area contributed by atoms with Gasteiger partial charge in [0.2, 0.25) is 0 Å². The first-order chi connectivity index (χ1) is 9.85. The monoisotopic (exact) mass is 287 g/mol. The first kappa shape index (κ1) is 11.8. The first-order valence-corrected chi connectivity index (χ1v) is 7.22. The number of ether oxygens (including phenoxy) is 3. The largest absolute Gasteiger partial charge is 0.497 e. The molecule has 0 amide bonds. The molecule has 0 fully saturated rings. The fourth-order valence-corrected chi connectivity index (χ4v) is 3.47. The van der Waals surface area contributed by atoms with Crippen molar-refractivity contribution < 1.29 is 14.2 Å². The summed E-state index contributed by atoms with van der Waals surface area (Å²) < 4.78 is 16.7. The van der Waals surface area contributed by atoms with E-state index in [1.807, 2.05) is 30.3 Å². The summed E-state index contributed by atoms with van der Waals surface area (Å²) in [5.74, 6) is 2.50. The van der Waals surface area contributed by atoms with Crippen molar-refractivity contribution in [3.63, 3.8) is 0 Å². The SMILES string of the molecule is COc1ccc2c(c1)Sc1c(ccc3c1OCCO3)N2. The van der Waals surface area contributed by atoms with Crippen LogP contribution in [0.1, 0.15) is 0 Å². The van der Waals surface area contributed by atoms with E-state index in [1.54, 1.807) is 18.9 Å². The molecule has 0 unspecified atom stereocenters. The standard InChI is InChI=1S/C15H13NO3S/c1-17-9-2-3-10-13(8-9)20-15-11(16-10)4-5-12-14(15)19-7-6-18-12/h2-5,8,16H,6-7H2,1H3. The Kier molecular flexibility index (Phi) is 2.67. The minimum absolute atomic E-state index is 0.592. The number of nitrogens with one attached hydrogen (secondary N) is 1. The van der Waals surface area contributed by atoms with E-state index in [4.69, 9.17) is 14.2 Å². The van der Waals surface area contributed by atoms with E-state index in [0.29, 0.717) is 13.2 Å². The smallest absolute Gasteiger partial charge is 0.177 e. The van der Waals surface area contributed by atoms with Crippen molar-refractivity contribution in [1.29, 1.82) is 0 Å². The van der Waals surface area contributed by atoms with Crippen LogP contribution in [-0.4, -0.2) is 20.3 Å². The van der Waals surface area contributed by atoms with E-state index in [9.17, 15) is 0 Å². The van der Waals surface area contributed by atoms with Crippen LogP contribution in [0.25, 0.3) is 0 Å². The average molecular weight is 287 g/mol. The molecule has 102 valence electrons. The topological polar surface area (TPSA) is 39.7 Å². The van der Waals surface area contributed by atoms with Crippen molar-refractivity contribution in [2.24, 2.45) is 0 Å². The Morgan fingerprint density at radius 3 is 2.85 bits per heavy atom. The molecule has 5 heteroatoms. The van der Waals surface area contributed by atoms with Gasteiger partial charge < -0.3 is 19.5 Å². The molecule has 2 aliphatic rings. The minimum Gasteiger partial charge on any atom is -0.497 e. The lowest BCUT2D eigenvalue weighted by Crippen LogP contribution is -2.16. The van der Waals surface area contributed by atoms with Crippen molar-refractivity contribution in [2.45, 2.75) is 9.79 Å². The second-order valence-electron chi connectivity index (χ2n) is 4.56. The third-order valence-electron chi connectivity index (χ3n) is 3.33. The maximum Gasteiger partial charge on any atom is 0.177 e. The highest BCUT2D eigenvalue weighted by molar-refractivity contribution is 7.99. The van der Waals surface area contributed by atoms with Crippen LogP contribution in [0.3, 0.4) is 0 Å². The van der Waals surface area contributed by atoms with E-state index < -0.39 is 0 Å². The van der Waals surface area contributed by atoms with E-state index in [0.717, 1.165) is 38.4 Å². The first-order valence-electron chi connectivity index (χ1n) is 6.40. The predicted molar refractivity (Wildman–Crippen MR) is 77.8 cm³/mol. The Bertz CT molecular complexity index is 687. The summed E-state index contributed by atoms with van der Waals surface area (Å²) in [4.78, 5) is 2.20. The normalized spacial score (nSPS) is 14.8. The van der Waals surface area contributed by atoms with Crippen molar-refractivity contribution in [1.82, 2.24) is 0 Å². The van der Waals surface area contributed by atoms with E-state index in [2.05, 4.69) is 5.32 Å². The molecule has 4 rings (SSSR count). The molecule has 0 aromatic heterocycles. The van der Waals surface area contributed by atoms with Gasteiger partial charge in [-0.3, -0.25) is 0 Å². The molecule has 0 bridgehead atoms. The molecule has 4 nitrogen and oxygen atoms in total. The van der Waals surface area contributed by atoms with Crippen LogP contribution in [0.2, 0.25) is 0 Å². The number of fused-ring (bicyclic) bond motifs is 4. The summed E-state index contributed by atoms with van der Waals surface area (Å²) in [5, 5.41) is 3.43. The predicted octanol–water partition coefficient (Wildman–Crippen LogP) is 3.67. The highest BCUT2D eigenvalue weighted by Gasteiger charge is 2.24. The Labute approximate surface area is 121 Å². The highest BCUT2D eigenvalue weighted by atomic mass is 32.2. The van der Waals surface area contributed by atoms with Crippen molar-refractivity contribution >= 4 is 23.1 Å². The molecule has 1 N–H and O–H groups in total. The zero-order valence-corrected chi connectivity index (χ0v) is 11.8. The van der Waals surface area contributed by atoms with Gasteiger partial charge in [0.25, 0.3) is 0 Å². The Hall–Kier alpha value is -2.01. The van der Waals surface area contributed by atoms with Crippen molar-refractivity contribution in [3.8, 4) is 17.2 Å². The van der Waals surface area contributed by atoms with Gasteiger partial charge in [-0.25, -0.2) is 0 Å². The van der Waals surface area contributed by atoms with Gasteiger partial charge in [-0.2, -0.15) is 0 Å². The summed E-state index contributed by atoms with van der Waals surface area (Å²) in [6.07, 6.45) is 0. The number of hydrogen-bond donors (Lipinski definition) is 1. The number of rotatable bonds is 1. The molecule has 20 heavy (non-hydrogen) atoms. The highest BCUT2D eigenvalue weighted by Crippen LogP contribution is 2.52. The van der Waals surface area contributed by atoms with E-state index in [1.165, 1.54) is 0 Å². The van der Waals surface area contributed by atoms with Crippen LogP contribution in [-0.2, 0) is 0 Å². The lowest BCUT2D eigenvalue weighted by atomic mass is 10.2. The lowest BCUT2D eigenvalue weighted by molar-refractivity contribution is 0.167. The minimum atomic E-state index is 0.592. The maximum atomic E-state index is 5.78. The number of anilines is 2. The molecule has 0 aliphatic carbocycles. The van der Waals surface area contributed by atoms with Crippen LogP contribution in [0.4, 0.5) is 11.4 Å². The van der Waals surface area contributed by atoms with Gasteiger partial charge in [0.05, 0.1) is 23.4 Å². The quantitative estimate of drug-likeness (QED) is 0.739. The molecule has 0 radical (unpaired) electrons. The zero-order chi connectivity index (χ0) is 13.5. The summed E-state index contributed by atoms with van der Waals surface area (Å²) >= 11 is 1.68. The summed E-state index contributed by atoms with van der Waals surface area (Å²) in [7, 11) is 1.68. The van der Waals surface area contributed by atoms with Gasteiger partial charge in [-0.05, 0) is 30.3 Å². The van der Waals surface area contributed by atoms with Crippen LogP contribution in [0.15, 0.2) is 40.1 Å². The van der Waals surface area contributed by atoms with Crippen LogP contribution < -0.4 is 19.5 Å². The Morgan fingerprint density at radius 2 is 1.95 bits per heavy atom. The second kappa shape index (κ2) is 4.52. The number of benzene rings is 2. The summed E-state index contributed by atoms with van der Waals surface area (Å²) in [6, 6.07) is 9.99. The average Bonchev–Trinajstić information content (AvgIpc) is 2.52. The molecule has 2 heterocycles. The van der Waals surface area contributed by atoms with E-state index >= 15 is 0 Å². The number of methoxy groups -OCH3 is 1. The second-order valence-corrected chi connectivity index (χ2v) is 5.61. The molecule has 0 saturated heterocycles. The summed E-state index contributed by atoms with van der Waals surface area (Å²) in [6.45, 7) is 1.20. The fraction of sp³-hybridized carbons (Fsp3) is 0.200. The maximum absolute atomic E-state index is 5.78. The van der Waals surface area contributed by atoms with Gasteiger partial charge in [-0.1, -0.05) is 11.8 Å². The fourth-order valence-electron chi connectivity index (χ4n) is 2.36. The zero-order valence-electron chi connectivity index (χ0n) is 10.9. The van der Waals surface area contributed by atoms with Crippen molar-refractivity contribution in [2.75, 3.05) is 25.6 Å². The van der Waals surface area contributed by atoms with Crippen LogP contribution in [0.5, 0.6) is 17.2 Å². The molecule has 2 aromatic rings. The van der Waals surface area contributed by atoms with Gasteiger partial charge in [-0.15, -0.1) is 0 Å². The third kappa shape index (κ3) is 1.78. The Balaban J connectivity index is 1.81. The van der Waals surface area contributed by atoms with Crippen LogP contribution >= 0.6 is 11.8 Å². The van der Waals surface area contributed by atoms with Gasteiger partial charge in [0, 0.05) is 4.90 Å². The molecule has 2 aliphatic heterocycles. The summed E-state index contributed by atoms with van der Waals surface area (Å²) in [5.41, 5.74) is 2.14. The van der Waals surface area contributed by atoms with Crippen molar-refractivity contribution in [3.05, 3.63) is 30.3 Å². The lowest BCUT2D eigenvalue weighted by Gasteiger charge is -2.27. The Morgan fingerprint density at radius 1 is 1.10 bits per heavy atom. The molecule has 0 atom stereocenters. The molecular formula is C15H13NO3S. The van der Waals surface area contributed by atoms with Crippen LogP contribution in [0, 0.1) is 0 Å². The molecule has 0 spiro atoms. The van der Waals surface area contributed by atoms with Gasteiger partial charge in [0.1, 0.15) is 19.0 Å². The molecular weight excluding hydrogens is 274 g/mol. The van der Waals surface area contributed by atoms with Gasteiger partial charge in [0.15, 0.2) is 11.5 Å². The van der Waals surface area contributed by atoms with Gasteiger partial charge >= 0.3 is 0 Å². The third-order valence-corrected chi connectivity index (χ3v) is 4.50. The molecule has 0 saturated carbocycles. The molecule has 2 aromatic carbocycles. The number of hydrogen-bond acceptors (Lipinski definition) is 5. The van der Waals surface area contributed by atoms with E-state index in [-0.39, 0.29) is 0 Å².